The van der Waals surface area contributed by atoms with Crippen LogP contribution in [0, 0.1) is 0 Å². The highest BCUT2D eigenvalue weighted by molar-refractivity contribution is 7.89. The smallest absolute Gasteiger partial charge is 0.261 e. The number of sulfonamides is 1. The predicted octanol–water partition coefficient (Wildman–Crippen LogP) is 2.73. The van der Waals surface area contributed by atoms with Crippen LogP contribution in [0.4, 0.5) is 0 Å². The van der Waals surface area contributed by atoms with Gasteiger partial charge < -0.3 is 9.47 Å². The van der Waals surface area contributed by atoms with Crippen molar-refractivity contribution in [1.29, 1.82) is 0 Å². The number of hydrogen-bond acceptors (Lipinski definition) is 6. The molecule has 0 aliphatic carbocycles. The molecule has 30 heavy (non-hydrogen) atoms. The second-order valence-electron chi connectivity index (χ2n) is 6.45. The van der Waals surface area contributed by atoms with E-state index in [2.05, 4.69) is 6.58 Å². The molecular weight excluding hydrogens is 408 g/mol. The number of hydrogen-bond donors (Lipinski definition) is 2. The standard InChI is InChI=1S/C21H26N2O6S/c1-4-5-14-29-19-10-12-20(13-11-19)30(26,27)23(16(2)21(24)22-25)15-17-6-8-18(28-3)9-7-17/h4,6-13,16,25H,1,5,14-15H2,2-3H3,(H,22,24)/t16-/m1/s1. The maximum absolute atomic E-state index is 13.3. The summed E-state index contributed by atoms with van der Waals surface area (Å²) >= 11 is 0. The molecule has 8 nitrogen and oxygen atoms in total. The third kappa shape index (κ3) is 5.82. The van der Waals surface area contributed by atoms with Crippen molar-refractivity contribution in [3.05, 3.63) is 66.7 Å². The molecule has 2 aromatic carbocycles. The van der Waals surface area contributed by atoms with Crippen molar-refractivity contribution in [1.82, 2.24) is 9.79 Å². The average molecular weight is 435 g/mol. The van der Waals surface area contributed by atoms with Gasteiger partial charge in [-0.05, 0) is 55.3 Å². The minimum Gasteiger partial charge on any atom is -0.497 e. The van der Waals surface area contributed by atoms with E-state index in [1.807, 2.05) is 0 Å². The zero-order chi connectivity index (χ0) is 22.1. The lowest BCUT2D eigenvalue weighted by molar-refractivity contribution is -0.132. The summed E-state index contributed by atoms with van der Waals surface area (Å²) < 4.78 is 38.2. The van der Waals surface area contributed by atoms with E-state index < -0.39 is 22.0 Å². The average Bonchev–Trinajstić information content (AvgIpc) is 2.77. The van der Waals surface area contributed by atoms with Gasteiger partial charge in [0.2, 0.25) is 10.0 Å². The zero-order valence-corrected chi connectivity index (χ0v) is 17.8. The highest BCUT2D eigenvalue weighted by atomic mass is 32.2. The van der Waals surface area contributed by atoms with E-state index in [0.717, 1.165) is 4.31 Å². The number of nitrogens with one attached hydrogen (secondary N) is 1. The molecule has 0 bridgehead atoms. The van der Waals surface area contributed by atoms with Crippen LogP contribution in [0.2, 0.25) is 0 Å². The number of carbonyl (C=O) groups is 1. The van der Waals surface area contributed by atoms with Gasteiger partial charge >= 0.3 is 0 Å². The fourth-order valence-electron chi connectivity index (χ4n) is 2.67. The maximum Gasteiger partial charge on any atom is 0.261 e. The van der Waals surface area contributed by atoms with Crippen molar-refractivity contribution in [2.45, 2.75) is 30.8 Å². The number of benzene rings is 2. The number of hydroxylamine groups is 1. The van der Waals surface area contributed by atoms with Crippen LogP contribution in [0.15, 0.2) is 66.1 Å². The van der Waals surface area contributed by atoms with Crippen molar-refractivity contribution in [2.75, 3.05) is 13.7 Å². The minimum atomic E-state index is -4.05. The first kappa shape index (κ1) is 23.4. The molecule has 0 saturated carbocycles. The van der Waals surface area contributed by atoms with Crippen LogP contribution < -0.4 is 15.0 Å². The van der Waals surface area contributed by atoms with E-state index in [0.29, 0.717) is 30.1 Å². The Hall–Kier alpha value is -2.88. The first-order valence-electron chi connectivity index (χ1n) is 9.26. The van der Waals surface area contributed by atoms with Crippen LogP contribution in [-0.2, 0) is 21.4 Å². The molecule has 0 fully saturated rings. The Labute approximate surface area is 176 Å². The van der Waals surface area contributed by atoms with Crippen LogP contribution in [0.25, 0.3) is 0 Å². The van der Waals surface area contributed by atoms with Crippen LogP contribution in [0.3, 0.4) is 0 Å². The molecule has 0 heterocycles. The first-order valence-corrected chi connectivity index (χ1v) is 10.7. The van der Waals surface area contributed by atoms with Gasteiger partial charge in [0, 0.05) is 6.54 Å². The highest BCUT2D eigenvalue weighted by Crippen LogP contribution is 2.24. The van der Waals surface area contributed by atoms with Gasteiger partial charge in [-0.2, -0.15) is 4.31 Å². The van der Waals surface area contributed by atoms with Gasteiger partial charge in [0.1, 0.15) is 17.5 Å². The summed E-state index contributed by atoms with van der Waals surface area (Å²) in [5.41, 5.74) is 2.17. The van der Waals surface area contributed by atoms with Crippen LogP contribution in [-0.4, -0.2) is 43.6 Å². The molecule has 0 aliphatic rings. The van der Waals surface area contributed by atoms with E-state index in [9.17, 15) is 13.2 Å². The number of amides is 1. The Kier molecular flexibility index (Phi) is 8.40. The third-order valence-corrected chi connectivity index (χ3v) is 6.37. The third-order valence-electron chi connectivity index (χ3n) is 4.44. The molecule has 2 rings (SSSR count). The number of nitrogens with zero attached hydrogens (tertiary/aromatic N) is 1. The first-order chi connectivity index (χ1) is 14.3. The second-order valence-corrected chi connectivity index (χ2v) is 8.34. The molecule has 0 aliphatic heterocycles. The van der Waals surface area contributed by atoms with Crippen molar-refractivity contribution in [2.24, 2.45) is 0 Å². The molecule has 162 valence electrons. The van der Waals surface area contributed by atoms with E-state index in [1.54, 1.807) is 42.5 Å². The van der Waals surface area contributed by atoms with Gasteiger partial charge in [-0.15, -0.1) is 6.58 Å². The van der Waals surface area contributed by atoms with Gasteiger partial charge in [0.05, 0.1) is 18.6 Å². The van der Waals surface area contributed by atoms with Crippen molar-refractivity contribution < 1.29 is 27.9 Å². The van der Waals surface area contributed by atoms with Crippen molar-refractivity contribution >= 4 is 15.9 Å². The van der Waals surface area contributed by atoms with Gasteiger partial charge in [0.15, 0.2) is 0 Å². The molecule has 1 atom stereocenters. The molecular formula is C21H26N2O6S. The quantitative estimate of drug-likeness (QED) is 0.244. The Morgan fingerprint density at radius 1 is 1.17 bits per heavy atom. The molecule has 0 unspecified atom stereocenters. The molecule has 9 heteroatoms. The van der Waals surface area contributed by atoms with E-state index in [4.69, 9.17) is 14.7 Å². The number of rotatable bonds is 11. The lowest BCUT2D eigenvalue weighted by Crippen LogP contribution is -2.46. The van der Waals surface area contributed by atoms with Gasteiger partial charge in [-0.3, -0.25) is 10.0 Å². The highest BCUT2D eigenvalue weighted by Gasteiger charge is 2.33. The van der Waals surface area contributed by atoms with Crippen LogP contribution in [0.1, 0.15) is 18.9 Å². The van der Waals surface area contributed by atoms with Gasteiger partial charge in [-0.25, -0.2) is 13.9 Å². The lowest BCUT2D eigenvalue weighted by atomic mass is 10.2. The number of methoxy groups -OCH3 is 1. The van der Waals surface area contributed by atoms with E-state index in [-0.39, 0.29) is 11.4 Å². The number of ether oxygens (including phenoxy) is 2. The van der Waals surface area contributed by atoms with Crippen molar-refractivity contribution in [3.63, 3.8) is 0 Å². The summed E-state index contributed by atoms with van der Waals surface area (Å²) in [7, 11) is -2.52. The Balaban J connectivity index is 2.32. The summed E-state index contributed by atoms with van der Waals surface area (Å²) in [6, 6.07) is 11.6. The van der Waals surface area contributed by atoms with Crippen LogP contribution in [0.5, 0.6) is 11.5 Å². The molecule has 1 amide bonds. The maximum atomic E-state index is 13.3. The zero-order valence-electron chi connectivity index (χ0n) is 16.9. The Morgan fingerprint density at radius 3 is 2.30 bits per heavy atom. The van der Waals surface area contributed by atoms with E-state index >= 15 is 0 Å². The van der Waals surface area contributed by atoms with Crippen LogP contribution >= 0.6 is 0 Å². The lowest BCUT2D eigenvalue weighted by Gasteiger charge is -2.27. The van der Waals surface area contributed by atoms with Gasteiger partial charge in [0.25, 0.3) is 5.91 Å². The molecule has 0 saturated heterocycles. The normalized spacial score (nSPS) is 12.3. The monoisotopic (exact) mass is 434 g/mol. The summed E-state index contributed by atoms with van der Waals surface area (Å²) in [6.45, 7) is 5.39. The molecule has 0 radical (unpaired) electrons. The fourth-order valence-corrected chi connectivity index (χ4v) is 4.25. The minimum absolute atomic E-state index is 0.00433. The largest absolute Gasteiger partial charge is 0.497 e. The van der Waals surface area contributed by atoms with Crippen molar-refractivity contribution in [3.8, 4) is 11.5 Å². The molecule has 0 aromatic heterocycles. The molecule has 2 N–H and O–H groups in total. The fraction of sp³-hybridized carbons (Fsp3) is 0.286. The molecule has 0 spiro atoms. The summed E-state index contributed by atoms with van der Waals surface area (Å²) in [4.78, 5) is 12.0. The summed E-state index contributed by atoms with van der Waals surface area (Å²) in [6.07, 6.45) is 2.40. The predicted molar refractivity (Wildman–Crippen MR) is 112 cm³/mol. The summed E-state index contributed by atoms with van der Waals surface area (Å²) in [5.74, 6) is 0.316. The second kappa shape index (κ2) is 10.8. The molecule has 2 aromatic rings. The number of carbonyl (C=O) groups excluding carboxylic acids is 1. The topological polar surface area (TPSA) is 105 Å². The van der Waals surface area contributed by atoms with E-state index in [1.165, 1.54) is 31.6 Å². The summed E-state index contributed by atoms with van der Waals surface area (Å²) in [5, 5.41) is 9.00. The SMILES string of the molecule is C=CCCOc1ccc(S(=O)(=O)N(Cc2ccc(OC)cc2)[C@H](C)C(=O)NO)cc1. The van der Waals surface area contributed by atoms with Gasteiger partial charge in [-0.1, -0.05) is 18.2 Å². The Morgan fingerprint density at radius 2 is 1.77 bits per heavy atom. The Bertz CT molecular complexity index is 942.